The number of nitrogens with zero attached hydrogens (tertiary/aromatic N) is 1. The molecule has 5 nitrogen and oxygen atoms in total. The highest BCUT2D eigenvalue weighted by Gasteiger charge is 2.13. The Kier molecular flexibility index (Phi) is 6.41. The Morgan fingerprint density at radius 3 is 2.59 bits per heavy atom. The maximum atomic E-state index is 14.5. The second kappa shape index (κ2) is 8.98. The molecule has 3 rings (SSSR count). The van der Waals surface area contributed by atoms with E-state index in [9.17, 15) is 13.6 Å². The Labute approximate surface area is 170 Å². The van der Waals surface area contributed by atoms with Crippen LogP contribution in [0.25, 0.3) is 11.1 Å². The highest BCUT2D eigenvalue weighted by atomic mass is 35.5. The Morgan fingerprint density at radius 2 is 1.90 bits per heavy atom. The van der Waals surface area contributed by atoms with Crippen LogP contribution in [0.1, 0.15) is 12.0 Å². The summed E-state index contributed by atoms with van der Waals surface area (Å²) in [4.78, 5) is 14.5. The number of aromatic nitrogens is 1. The first-order valence-corrected chi connectivity index (χ1v) is 9.05. The summed E-state index contributed by atoms with van der Waals surface area (Å²) in [5.41, 5.74) is 7.97. The summed E-state index contributed by atoms with van der Waals surface area (Å²) >= 11 is 5.64. The van der Waals surface area contributed by atoms with Gasteiger partial charge >= 0.3 is 5.97 Å². The zero-order valence-corrected chi connectivity index (χ0v) is 15.9. The number of ether oxygens (including phenoxy) is 1. The molecule has 0 radical (unpaired) electrons. The molecule has 0 saturated carbocycles. The van der Waals surface area contributed by atoms with Crippen LogP contribution in [0.5, 0.6) is 11.6 Å². The van der Waals surface area contributed by atoms with Crippen molar-refractivity contribution in [2.75, 3.05) is 0 Å². The molecule has 0 bridgehead atoms. The van der Waals surface area contributed by atoms with E-state index in [4.69, 9.17) is 27.2 Å². The number of carboxylic acids is 1. The SMILES string of the molecule is N[C@H](CC(=O)O)Cc1cccc(-c2ccc(Oc3ncc(Cl)cc3F)c(F)c2)c1. The van der Waals surface area contributed by atoms with Crippen LogP contribution < -0.4 is 10.5 Å². The number of benzene rings is 2. The first kappa shape index (κ1) is 20.7. The molecule has 0 aliphatic rings. The van der Waals surface area contributed by atoms with E-state index in [2.05, 4.69) is 4.98 Å². The second-order valence-corrected chi connectivity index (χ2v) is 6.89. The second-order valence-electron chi connectivity index (χ2n) is 6.45. The fraction of sp³-hybridized carbons (Fsp3) is 0.143. The van der Waals surface area contributed by atoms with Crippen LogP contribution in [-0.4, -0.2) is 22.1 Å². The minimum absolute atomic E-state index is 0.105. The van der Waals surface area contributed by atoms with Crippen molar-refractivity contribution in [1.29, 1.82) is 0 Å². The number of aliphatic carboxylic acids is 1. The molecule has 3 aromatic rings. The van der Waals surface area contributed by atoms with Crippen molar-refractivity contribution in [2.45, 2.75) is 18.9 Å². The Bertz CT molecular complexity index is 1050. The smallest absolute Gasteiger partial charge is 0.304 e. The summed E-state index contributed by atoms with van der Waals surface area (Å²) in [5, 5.41) is 8.92. The zero-order chi connectivity index (χ0) is 21.0. The summed E-state index contributed by atoms with van der Waals surface area (Å²) in [6, 6.07) is 12.0. The molecule has 1 atom stereocenters. The van der Waals surface area contributed by atoms with Crippen molar-refractivity contribution in [3.8, 4) is 22.8 Å². The number of rotatable bonds is 7. The topological polar surface area (TPSA) is 85.4 Å². The standard InChI is InChI=1S/C21H17ClF2N2O3/c22-15-9-18(24)21(26-11-15)29-19-5-4-14(8-17(19)23)13-3-1-2-12(6-13)7-16(25)10-20(27)28/h1-6,8-9,11,16H,7,10,25H2,(H,27,28)/t16-/m0/s1. The maximum absolute atomic E-state index is 14.5. The molecule has 2 aromatic carbocycles. The molecule has 0 fully saturated rings. The fourth-order valence-corrected chi connectivity index (χ4v) is 2.97. The van der Waals surface area contributed by atoms with Crippen molar-refractivity contribution in [3.63, 3.8) is 0 Å². The van der Waals surface area contributed by atoms with Gasteiger partial charge in [-0.1, -0.05) is 41.9 Å². The average molecular weight is 419 g/mol. The molecule has 3 N–H and O–H groups in total. The molecule has 1 aromatic heterocycles. The third kappa shape index (κ3) is 5.49. The summed E-state index contributed by atoms with van der Waals surface area (Å²) in [6.07, 6.45) is 1.44. The minimum atomic E-state index is -0.960. The van der Waals surface area contributed by atoms with Crippen molar-refractivity contribution >= 4 is 17.6 Å². The van der Waals surface area contributed by atoms with Crippen molar-refractivity contribution < 1.29 is 23.4 Å². The molecule has 150 valence electrons. The molecule has 1 heterocycles. The first-order chi connectivity index (χ1) is 13.8. The molecule has 0 aliphatic carbocycles. The average Bonchev–Trinajstić information content (AvgIpc) is 2.65. The van der Waals surface area contributed by atoms with Gasteiger partial charge in [-0.25, -0.2) is 13.8 Å². The molecule has 8 heteroatoms. The van der Waals surface area contributed by atoms with Gasteiger partial charge in [0.25, 0.3) is 5.88 Å². The maximum Gasteiger partial charge on any atom is 0.304 e. The Hall–Kier alpha value is -3.03. The van der Waals surface area contributed by atoms with Gasteiger partial charge in [0, 0.05) is 12.2 Å². The summed E-state index contributed by atoms with van der Waals surface area (Å²) in [7, 11) is 0. The van der Waals surface area contributed by atoms with Gasteiger partial charge in [-0.05, 0) is 41.3 Å². The summed E-state index contributed by atoms with van der Waals surface area (Å²) < 4.78 is 33.5. The predicted molar refractivity (Wildman–Crippen MR) is 105 cm³/mol. The van der Waals surface area contributed by atoms with Gasteiger partial charge in [0.1, 0.15) is 0 Å². The van der Waals surface area contributed by atoms with Gasteiger partial charge in [0.05, 0.1) is 11.4 Å². The summed E-state index contributed by atoms with van der Waals surface area (Å²) in [5.74, 6) is -3.01. The number of nitrogens with two attached hydrogens (primary N) is 1. The molecular weight excluding hydrogens is 402 g/mol. The zero-order valence-electron chi connectivity index (χ0n) is 15.1. The fourth-order valence-electron chi connectivity index (χ4n) is 2.82. The summed E-state index contributed by atoms with van der Waals surface area (Å²) in [6.45, 7) is 0. The molecule has 0 aliphatic heterocycles. The number of halogens is 3. The van der Waals surface area contributed by atoms with E-state index in [1.54, 1.807) is 18.2 Å². The van der Waals surface area contributed by atoms with Crippen LogP contribution >= 0.6 is 11.6 Å². The van der Waals surface area contributed by atoms with Crippen molar-refractivity contribution in [2.24, 2.45) is 5.73 Å². The van der Waals surface area contributed by atoms with E-state index in [0.717, 1.165) is 17.2 Å². The van der Waals surface area contributed by atoms with E-state index in [0.29, 0.717) is 12.0 Å². The molecule has 0 amide bonds. The molecule has 0 spiro atoms. The van der Waals surface area contributed by atoms with Crippen LogP contribution in [0.2, 0.25) is 5.02 Å². The van der Waals surface area contributed by atoms with Gasteiger partial charge in [-0.15, -0.1) is 0 Å². The van der Waals surface area contributed by atoms with Crippen molar-refractivity contribution in [1.82, 2.24) is 4.98 Å². The molecule has 0 saturated heterocycles. The van der Waals surface area contributed by atoms with Gasteiger partial charge in [0.2, 0.25) is 0 Å². The van der Waals surface area contributed by atoms with Crippen LogP contribution in [0, 0.1) is 11.6 Å². The van der Waals surface area contributed by atoms with E-state index in [1.165, 1.54) is 18.3 Å². The highest BCUT2D eigenvalue weighted by molar-refractivity contribution is 6.30. The predicted octanol–water partition coefficient (Wildman–Crippen LogP) is 4.82. The number of hydrogen-bond acceptors (Lipinski definition) is 4. The van der Waals surface area contributed by atoms with Crippen molar-refractivity contribution in [3.05, 3.63) is 76.9 Å². The van der Waals surface area contributed by atoms with Gasteiger partial charge in [-0.2, -0.15) is 0 Å². The number of pyridine rings is 1. The Balaban J connectivity index is 1.79. The van der Waals surface area contributed by atoms with Crippen LogP contribution in [0.3, 0.4) is 0 Å². The lowest BCUT2D eigenvalue weighted by molar-refractivity contribution is -0.137. The van der Waals surface area contributed by atoms with Gasteiger partial charge in [0.15, 0.2) is 17.4 Å². The lowest BCUT2D eigenvalue weighted by atomic mass is 9.98. The van der Waals surface area contributed by atoms with E-state index >= 15 is 0 Å². The highest BCUT2D eigenvalue weighted by Crippen LogP contribution is 2.30. The monoisotopic (exact) mass is 418 g/mol. The van der Waals surface area contributed by atoms with E-state index in [1.807, 2.05) is 12.1 Å². The third-order valence-corrected chi connectivity index (χ3v) is 4.31. The van der Waals surface area contributed by atoms with Crippen LogP contribution in [-0.2, 0) is 11.2 Å². The van der Waals surface area contributed by atoms with Gasteiger partial charge in [-0.3, -0.25) is 4.79 Å². The lowest BCUT2D eigenvalue weighted by Crippen LogP contribution is -2.26. The van der Waals surface area contributed by atoms with Gasteiger partial charge < -0.3 is 15.6 Å². The third-order valence-electron chi connectivity index (χ3n) is 4.11. The van der Waals surface area contributed by atoms with E-state index < -0.39 is 23.6 Å². The minimum Gasteiger partial charge on any atom is -0.481 e. The first-order valence-electron chi connectivity index (χ1n) is 8.67. The number of hydrogen-bond donors (Lipinski definition) is 2. The number of carboxylic acid groups (broad SMARTS) is 1. The molecular formula is C21H17ClF2N2O3. The largest absolute Gasteiger partial charge is 0.481 e. The Morgan fingerprint density at radius 1 is 1.14 bits per heavy atom. The normalized spacial score (nSPS) is 11.9. The van der Waals surface area contributed by atoms with Crippen LogP contribution in [0.4, 0.5) is 8.78 Å². The molecule has 29 heavy (non-hydrogen) atoms. The number of carbonyl (C=O) groups is 1. The van der Waals surface area contributed by atoms with Crippen LogP contribution in [0.15, 0.2) is 54.7 Å². The van der Waals surface area contributed by atoms with E-state index in [-0.39, 0.29) is 23.1 Å². The lowest BCUT2D eigenvalue weighted by Gasteiger charge is -2.11. The quantitative estimate of drug-likeness (QED) is 0.574. The molecule has 0 unspecified atom stereocenters.